The Balaban J connectivity index is 1.82. The molecule has 20 heavy (non-hydrogen) atoms. The average Bonchev–Trinajstić information content (AvgIpc) is 2.43. The zero-order valence-corrected chi connectivity index (χ0v) is 11.6. The lowest BCUT2D eigenvalue weighted by atomic mass is 10.2. The second-order valence-electron chi connectivity index (χ2n) is 4.25. The standard InChI is InChI=1S/C14H18N4O2/c1-10-4-3-5-11(8-10)20-7-6-16-12-9-13(19-2)18-14(15)17-12/h3-5,8-9H,6-7H2,1-2H3,(H3,15,16,17,18). The number of aromatic nitrogens is 2. The van der Waals surface area contributed by atoms with Crippen molar-refractivity contribution in [3.63, 3.8) is 0 Å². The molecule has 2 aromatic rings. The Kier molecular flexibility index (Phi) is 4.60. The SMILES string of the molecule is COc1cc(NCCOc2cccc(C)c2)nc(N)n1. The van der Waals surface area contributed by atoms with Gasteiger partial charge in [-0.05, 0) is 24.6 Å². The van der Waals surface area contributed by atoms with Crippen molar-refractivity contribution >= 4 is 11.8 Å². The van der Waals surface area contributed by atoms with Gasteiger partial charge in [-0.3, -0.25) is 0 Å². The van der Waals surface area contributed by atoms with Gasteiger partial charge in [0.2, 0.25) is 11.8 Å². The smallest absolute Gasteiger partial charge is 0.225 e. The Labute approximate surface area is 118 Å². The third-order valence-electron chi connectivity index (χ3n) is 2.60. The Morgan fingerprint density at radius 3 is 2.85 bits per heavy atom. The molecule has 0 unspecified atom stereocenters. The molecule has 0 aliphatic rings. The highest BCUT2D eigenvalue weighted by Crippen LogP contribution is 2.14. The number of ether oxygens (including phenoxy) is 2. The first-order valence-corrected chi connectivity index (χ1v) is 6.29. The van der Waals surface area contributed by atoms with E-state index in [-0.39, 0.29) is 5.95 Å². The van der Waals surface area contributed by atoms with Crippen LogP contribution in [0.4, 0.5) is 11.8 Å². The first-order valence-electron chi connectivity index (χ1n) is 6.29. The number of methoxy groups -OCH3 is 1. The lowest BCUT2D eigenvalue weighted by Gasteiger charge is -2.09. The van der Waals surface area contributed by atoms with Crippen molar-refractivity contribution in [1.82, 2.24) is 9.97 Å². The van der Waals surface area contributed by atoms with Crippen LogP contribution in [0.2, 0.25) is 0 Å². The summed E-state index contributed by atoms with van der Waals surface area (Å²) in [5.41, 5.74) is 6.74. The molecule has 0 fully saturated rings. The summed E-state index contributed by atoms with van der Waals surface area (Å²) < 4.78 is 10.6. The summed E-state index contributed by atoms with van der Waals surface area (Å²) in [7, 11) is 1.53. The Morgan fingerprint density at radius 1 is 1.25 bits per heavy atom. The minimum Gasteiger partial charge on any atom is -0.492 e. The van der Waals surface area contributed by atoms with Crippen molar-refractivity contribution in [3.05, 3.63) is 35.9 Å². The molecule has 6 heteroatoms. The summed E-state index contributed by atoms with van der Waals surface area (Å²) in [6.07, 6.45) is 0. The third kappa shape index (κ3) is 4.01. The molecule has 0 saturated heterocycles. The summed E-state index contributed by atoms with van der Waals surface area (Å²) in [6, 6.07) is 9.60. The summed E-state index contributed by atoms with van der Waals surface area (Å²) in [5.74, 6) is 2.07. The monoisotopic (exact) mass is 274 g/mol. The molecule has 3 N–H and O–H groups in total. The van der Waals surface area contributed by atoms with Gasteiger partial charge in [-0.25, -0.2) is 0 Å². The largest absolute Gasteiger partial charge is 0.492 e. The molecule has 0 amide bonds. The molecule has 106 valence electrons. The maximum atomic E-state index is 5.63. The molecule has 6 nitrogen and oxygen atoms in total. The Bertz CT molecular complexity index is 575. The molecule has 0 radical (unpaired) electrons. The molecule has 0 spiro atoms. The minimum absolute atomic E-state index is 0.173. The predicted molar refractivity (Wildman–Crippen MR) is 78.2 cm³/mol. The van der Waals surface area contributed by atoms with Crippen LogP contribution in [0.3, 0.4) is 0 Å². The molecule has 0 aliphatic carbocycles. The predicted octanol–water partition coefficient (Wildman–Crippen LogP) is 1.87. The third-order valence-corrected chi connectivity index (χ3v) is 2.60. The summed E-state index contributed by atoms with van der Waals surface area (Å²) in [5, 5.41) is 3.11. The number of benzene rings is 1. The van der Waals surface area contributed by atoms with Gasteiger partial charge >= 0.3 is 0 Å². The van der Waals surface area contributed by atoms with Crippen molar-refractivity contribution in [2.45, 2.75) is 6.92 Å². The van der Waals surface area contributed by atoms with Crippen molar-refractivity contribution in [3.8, 4) is 11.6 Å². The van der Waals surface area contributed by atoms with Gasteiger partial charge in [-0.15, -0.1) is 0 Å². The highest BCUT2D eigenvalue weighted by atomic mass is 16.5. The van der Waals surface area contributed by atoms with Crippen LogP contribution in [0, 0.1) is 6.92 Å². The molecule has 1 aromatic carbocycles. The number of anilines is 2. The average molecular weight is 274 g/mol. The van der Waals surface area contributed by atoms with Crippen LogP contribution in [0.1, 0.15) is 5.56 Å². The normalized spacial score (nSPS) is 10.1. The number of nitrogen functional groups attached to an aromatic ring is 1. The van der Waals surface area contributed by atoms with E-state index in [1.54, 1.807) is 6.07 Å². The number of nitrogens with zero attached hydrogens (tertiary/aromatic N) is 2. The fourth-order valence-corrected chi connectivity index (χ4v) is 1.69. The van der Waals surface area contributed by atoms with Crippen molar-refractivity contribution in [2.24, 2.45) is 0 Å². The zero-order valence-electron chi connectivity index (χ0n) is 11.6. The molecule has 0 atom stereocenters. The van der Waals surface area contributed by atoms with E-state index in [1.807, 2.05) is 31.2 Å². The zero-order chi connectivity index (χ0) is 14.4. The fraction of sp³-hybridized carbons (Fsp3) is 0.286. The van der Waals surface area contributed by atoms with Crippen LogP contribution in [-0.4, -0.2) is 30.2 Å². The van der Waals surface area contributed by atoms with Gasteiger partial charge in [-0.2, -0.15) is 9.97 Å². The highest BCUT2D eigenvalue weighted by molar-refractivity contribution is 5.42. The molecule has 1 heterocycles. The Hall–Kier alpha value is -2.50. The van der Waals surface area contributed by atoms with E-state index in [9.17, 15) is 0 Å². The number of nitrogens with one attached hydrogen (secondary N) is 1. The summed E-state index contributed by atoms with van der Waals surface area (Å²) in [6.45, 7) is 3.16. The van der Waals surface area contributed by atoms with E-state index in [4.69, 9.17) is 15.2 Å². The topological polar surface area (TPSA) is 82.3 Å². The van der Waals surface area contributed by atoms with E-state index in [0.717, 1.165) is 5.75 Å². The van der Waals surface area contributed by atoms with Crippen LogP contribution in [0.25, 0.3) is 0 Å². The van der Waals surface area contributed by atoms with Gasteiger partial charge in [-0.1, -0.05) is 12.1 Å². The quantitative estimate of drug-likeness (QED) is 0.782. The van der Waals surface area contributed by atoms with Crippen LogP contribution in [0.15, 0.2) is 30.3 Å². The van der Waals surface area contributed by atoms with E-state index in [2.05, 4.69) is 15.3 Å². The van der Waals surface area contributed by atoms with Crippen LogP contribution >= 0.6 is 0 Å². The van der Waals surface area contributed by atoms with Gasteiger partial charge in [0.15, 0.2) is 0 Å². The number of hydrogen-bond donors (Lipinski definition) is 2. The van der Waals surface area contributed by atoms with E-state index < -0.39 is 0 Å². The maximum Gasteiger partial charge on any atom is 0.225 e. The van der Waals surface area contributed by atoms with Crippen LogP contribution in [0.5, 0.6) is 11.6 Å². The minimum atomic E-state index is 0.173. The maximum absolute atomic E-state index is 5.63. The van der Waals surface area contributed by atoms with Gasteiger partial charge in [0.1, 0.15) is 18.2 Å². The lowest BCUT2D eigenvalue weighted by Crippen LogP contribution is -2.13. The molecular weight excluding hydrogens is 256 g/mol. The first kappa shape index (κ1) is 13.9. The highest BCUT2D eigenvalue weighted by Gasteiger charge is 2.02. The molecule has 0 aliphatic heterocycles. The van der Waals surface area contributed by atoms with Gasteiger partial charge < -0.3 is 20.5 Å². The second kappa shape index (κ2) is 6.60. The van der Waals surface area contributed by atoms with E-state index >= 15 is 0 Å². The molecule has 0 saturated carbocycles. The number of rotatable bonds is 6. The van der Waals surface area contributed by atoms with Gasteiger partial charge in [0.05, 0.1) is 13.7 Å². The molecule has 0 bridgehead atoms. The molecule has 2 rings (SSSR count). The number of aryl methyl sites for hydroxylation is 1. The molecule has 1 aromatic heterocycles. The van der Waals surface area contributed by atoms with Gasteiger partial charge in [0.25, 0.3) is 0 Å². The fourth-order valence-electron chi connectivity index (χ4n) is 1.69. The number of nitrogens with two attached hydrogens (primary N) is 1. The van der Waals surface area contributed by atoms with Gasteiger partial charge in [0, 0.05) is 6.07 Å². The first-order chi connectivity index (χ1) is 9.67. The second-order valence-corrected chi connectivity index (χ2v) is 4.25. The van der Waals surface area contributed by atoms with E-state index in [1.165, 1.54) is 12.7 Å². The van der Waals surface area contributed by atoms with Crippen molar-refractivity contribution in [1.29, 1.82) is 0 Å². The van der Waals surface area contributed by atoms with Crippen LogP contribution < -0.4 is 20.5 Å². The van der Waals surface area contributed by atoms with Crippen molar-refractivity contribution in [2.75, 3.05) is 31.3 Å². The summed E-state index contributed by atoms with van der Waals surface area (Å²) in [4.78, 5) is 7.97. The van der Waals surface area contributed by atoms with E-state index in [0.29, 0.717) is 24.8 Å². The van der Waals surface area contributed by atoms with Crippen LogP contribution in [-0.2, 0) is 0 Å². The summed E-state index contributed by atoms with van der Waals surface area (Å²) >= 11 is 0. The Morgan fingerprint density at radius 2 is 2.10 bits per heavy atom. The van der Waals surface area contributed by atoms with Crippen molar-refractivity contribution < 1.29 is 9.47 Å². The number of hydrogen-bond acceptors (Lipinski definition) is 6. The molecular formula is C14H18N4O2. The lowest BCUT2D eigenvalue weighted by molar-refractivity contribution is 0.332.